The van der Waals surface area contributed by atoms with E-state index in [1.54, 1.807) is 11.8 Å². The average Bonchev–Trinajstić information content (AvgIpc) is 2.81. The molecule has 1 heterocycles. The number of anilines is 1. The summed E-state index contributed by atoms with van der Waals surface area (Å²) in [6, 6.07) is 17.0. The molecule has 0 bridgehead atoms. The minimum absolute atomic E-state index is 0.0318. The quantitative estimate of drug-likeness (QED) is 0.592. The molecule has 31 heavy (non-hydrogen) atoms. The van der Waals surface area contributed by atoms with E-state index < -0.39 is 11.6 Å². The van der Waals surface area contributed by atoms with E-state index in [4.69, 9.17) is 0 Å². The summed E-state index contributed by atoms with van der Waals surface area (Å²) >= 11 is 0. The first kappa shape index (κ1) is 21.0. The van der Waals surface area contributed by atoms with Gasteiger partial charge in [0.15, 0.2) is 11.6 Å². The van der Waals surface area contributed by atoms with Gasteiger partial charge in [-0.05, 0) is 48.7 Å². The maximum absolute atomic E-state index is 13.6. The van der Waals surface area contributed by atoms with Crippen LogP contribution in [0.1, 0.15) is 30.1 Å². The number of likely N-dealkylation sites (tertiary alicyclic amines) is 1. The summed E-state index contributed by atoms with van der Waals surface area (Å²) in [6.07, 6.45) is 1.07. The van der Waals surface area contributed by atoms with Crippen LogP contribution in [0.25, 0.3) is 10.8 Å². The number of fused-ring (bicyclic) bond motifs is 1. The zero-order valence-electron chi connectivity index (χ0n) is 17.4. The van der Waals surface area contributed by atoms with E-state index in [0.717, 1.165) is 22.9 Å². The van der Waals surface area contributed by atoms with E-state index in [1.807, 2.05) is 42.5 Å². The topological polar surface area (TPSA) is 40.6 Å². The number of benzene rings is 3. The fourth-order valence-corrected chi connectivity index (χ4v) is 4.25. The molecule has 0 unspecified atom stereocenters. The second-order valence-electron chi connectivity index (χ2n) is 7.77. The van der Waals surface area contributed by atoms with Crippen LogP contribution >= 0.6 is 0 Å². The molecule has 1 fully saturated rings. The molecule has 1 aliphatic heterocycles. The highest BCUT2D eigenvalue weighted by Crippen LogP contribution is 2.27. The Morgan fingerprint density at radius 3 is 2.39 bits per heavy atom. The zero-order chi connectivity index (χ0) is 22.0. The molecule has 2 amide bonds. The van der Waals surface area contributed by atoms with Gasteiger partial charge in [0.1, 0.15) is 0 Å². The molecule has 0 saturated carbocycles. The zero-order valence-corrected chi connectivity index (χ0v) is 17.4. The van der Waals surface area contributed by atoms with Crippen LogP contribution < -0.4 is 4.90 Å². The molecule has 0 N–H and O–H groups in total. The minimum Gasteiger partial charge on any atom is -0.339 e. The number of rotatable bonds is 4. The highest BCUT2D eigenvalue weighted by atomic mass is 19.2. The Balaban J connectivity index is 1.45. The summed E-state index contributed by atoms with van der Waals surface area (Å²) in [7, 11) is 0. The van der Waals surface area contributed by atoms with Crippen LogP contribution in [0.2, 0.25) is 0 Å². The van der Waals surface area contributed by atoms with Crippen molar-refractivity contribution in [3.05, 3.63) is 77.9 Å². The first-order valence-corrected chi connectivity index (χ1v) is 10.5. The molecule has 4 nitrogen and oxygen atoms in total. The number of piperidine rings is 1. The van der Waals surface area contributed by atoms with Gasteiger partial charge in [-0.2, -0.15) is 0 Å². The lowest BCUT2D eigenvalue weighted by atomic mass is 9.94. The van der Waals surface area contributed by atoms with E-state index >= 15 is 0 Å². The van der Waals surface area contributed by atoms with Gasteiger partial charge in [0, 0.05) is 42.9 Å². The van der Waals surface area contributed by atoms with Gasteiger partial charge >= 0.3 is 0 Å². The Morgan fingerprint density at radius 2 is 1.68 bits per heavy atom. The van der Waals surface area contributed by atoms with E-state index in [0.29, 0.717) is 43.7 Å². The van der Waals surface area contributed by atoms with Crippen molar-refractivity contribution in [2.75, 3.05) is 24.5 Å². The normalized spacial score (nSPS) is 14.6. The second-order valence-corrected chi connectivity index (χ2v) is 7.77. The molecule has 160 valence electrons. The monoisotopic (exact) mass is 422 g/mol. The van der Waals surface area contributed by atoms with Gasteiger partial charge in [-0.25, -0.2) is 8.78 Å². The number of hydrogen-bond acceptors (Lipinski definition) is 2. The number of hydrogen-bond donors (Lipinski definition) is 0. The Hall–Kier alpha value is -3.28. The van der Waals surface area contributed by atoms with Crippen LogP contribution in [0, 0.1) is 17.6 Å². The third-order valence-electron chi connectivity index (χ3n) is 5.95. The molecule has 4 rings (SSSR count). The summed E-state index contributed by atoms with van der Waals surface area (Å²) in [5.74, 6) is -2.32. The van der Waals surface area contributed by atoms with Gasteiger partial charge in [0.2, 0.25) is 5.91 Å². The summed E-state index contributed by atoms with van der Waals surface area (Å²) in [6.45, 7) is 3.12. The first-order chi connectivity index (χ1) is 15.0. The van der Waals surface area contributed by atoms with Gasteiger partial charge < -0.3 is 9.80 Å². The van der Waals surface area contributed by atoms with E-state index in [2.05, 4.69) is 0 Å². The molecule has 0 radical (unpaired) electrons. The fraction of sp³-hybridized carbons (Fsp3) is 0.280. The van der Waals surface area contributed by atoms with Crippen molar-refractivity contribution < 1.29 is 18.4 Å². The lowest BCUT2D eigenvalue weighted by Gasteiger charge is -2.34. The lowest BCUT2D eigenvalue weighted by Crippen LogP contribution is -2.44. The molecular formula is C25H24F2N2O2. The summed E-state index contributed by atoms with van der Waals surface area (Å²) in [4.78, 5) is 29.5. The number of halogens is 2. The predicted octanol–water partition coefficient (Wildman–Crippen LogP) is 5.02. The van der Waals surface area contributed by atoms with Crippen molar-refractivity contribution in [1.29, 1.82) is 0 Å². The second kappa shape index (κ2) is 8.84. The molecule has 0 aromatic heterocycles. The molecule has 0 aliphatic carbocycles. The van der Waals surface area contributed by atoms with Crippen LogP contribution in [0.3, 0.4) is 0 Å². The number of amides is 2. The molecule has 1 saturated heterocycles. The number of nitrogens with zero attached hydrogens (tertiary/aromatic N) is 2. The van der Waals surface area contributed by atoms with Crippen LogP contribution in [0.15, 0.2) is 60.7 Å². The highest BCUT2D eigenvalue weighted by Gasteiger charge is 2.31. The Labute approximate surface area is 180 Å². The molecule has 3 aromatic rings. The summed E-state index contributed by atoms with van der Waals surface area (Å²) in [5, 5.41) is 1.94. The maximum Gasteiger partial charge on any atom is 0.254 e. The van der Waals surface area contributed by atoms with E-state index in [1.165, 1.54) is 11.0 Å². The van der Waals surface area contributed by atoms with Gasteiger partial charge in [-0.1, -0.05) is 36.4 Å². The van der Waals surface area contributed by atoms with Crippen molar-refractivity contribution in [2.24, 2.45) is 5.92 Å². The fourth-order valence-electron chi connectivity index (χ4n) is 4.25. The van der Waals surface area contributed by atoms with Crippen LogP contribution in [-0.4, -0.2) is 36.3 Å². The molecule has 1 aliphatic rings. The molecule has 6 heteroatoms. The van der Waals surface area contributed by atoms with E-state index in [9.17, 15) is 18.4 Å². The predicted molar refractivity (Wildman–Crippen MR) is 117 cm³/mol. The average molecular weight is 422 g/mol. The third kappa shape index (κ3) is 4.15. The Bertz CT molecular complexity index is 1120. The number of carbonyl (C=O) groups excluding carboxylic acids is 2. The van der Waals surface area contributed by atoms with Crippen molar-refractivity contribution in [2.45, 2.75) is 19.8 Å². The van der Waals surface area contributed by atoms with Gasteiger partial charge in [0.05, 0.1) is 0 Å². The van der Waals surface area contributed by atoms with Crippen molar-refractivity contribution in [3.8, 4) is 0 Å². The molecule has 3 aromatic carbocycles. The summed E-state index contributed by atoms with van der Waals surface area (Å²) in [5.41, 5.74) is 1.01. The largest absolute Gasteiger partial charge is 0.339 e. The van der Waals surface area contributed by atoms with Crippen LogP contribution in [0.4, 0.5) is 14.5 Å². The number of carbonyl (C=O) groups is 2. The van der Waals surface area contributed by atoms with Gasteiger partial charge in [-0.3, -0.25) is 9.59 Å². The lowest BCUT2D eigenvalue weighted by molar-refractivity contribution is -0.123. The highest BCUT2D eigenvalue weighted by molar-refractivity contribution is 6.07. The third-order valence-corrected chi connectivity index (χ3v) is 5.95. The standard InChI is InChI=1S/C25H24F2N2O2/c1-2-29(19-10-11-22(26)23(27)16-19)24(30)18-12-14-28(15-13-18)25(31)21-9-5-7-17-6-3-4-8-20(17)21/h3-11,16,18H,2,12-15H2,1H3. The van der Waals surface area contributed by atoms with Crippen molar-refractivity contribution >= 4 is 28.3 Å². The minimum atomic E-state index is -0.973. The van der Waals surface area contributed by atoms with Crippen LogP contribution in [-0.2, 0) is 4.79 Å². The smallest absolute Gasteiger partial charge is 0.254 e. The first-order valence-electron chi connectivity index (χ1n) is 10.5. The van der Waals surface area contributed by atoms with Crippen LogP contribution in [0.5, 0.6) is 0 Å². The Morgan fingerprint density at radius 1 is 0.968 bits per heavy atom. The van der Waals surface area contributed by atoms with Gasteiger partial charge in [0.25, 0.3) is 5.91 Å². The van der Waals surface area contributed by atoms with Crippen molar-refractivity contribution in [3.63, 3.8) is 0 Å². The maximum atomic E-state index is 13.6. The summed E-state index contributed by atoms with van der Waals surface area (Å²) < 4.78 is 26.9. The Kier molecular flexibility index (Phi) is 5.98. The van der Waals surface area contributed by atoms with Gasteiger partial charge in [-0.15, -0.1) is 0 Å². The molecule has 0 atom stereocenters. The van der Waals surface area contributed by atoms with E-state index in [-0.39, 0.29) is 17.7 Å². The SMILES string of the molecule is CCN(C(=O)C1CCN(C(=O)c2cccc3ccccc23)CC1)c1ccc(F)c(F)c1. The van der Waals surface area contributed by atoms with Crippen molar-refractivity contribution in [1.82, 2.24) is 4.90 Å². The molecular weight excluding hydrogens is 398 g/mol. The molecule has 0 spiro atoms.